The van der Waals surface area contributed by atoms with E-state index in [0.717, 1.165) is 6.07 Å². The van der Waals surface area contributed by atoms with Crippen molar-refractivity contribution < 1.29 is 39.2 Å². The summed E-state index contributed by atoms with van der Waals surface area (Å²) in [7, 11) is 3.12. The highest BCUT2D eigenvalue weighted by atomic mass is 19.1. The number of carbonyl (C=O) groups is 3. The normalized spacial score (nSPS) is 27.2. The van der Waals surface area contributed by atoms with Gasteiger partial charge in [-0.25, -0.2) is 4.98 Å². The van der Waals surface area contributed by atoms with Gasteiger partial charge in [0.2, 0.25) is 11.7 Å². The van der Waals surface area contributed by atoms with Gasteiger partial charge in [0.05, 0.1) is 11.6 Å². The topological polar surface area (TPSA) is 174 Å². The minimum Gasteiger partial charge on any atom is -0.510 e. The summed E-state index contributed by atoms with van der Waals surface area (Å²) in [5, 5.41) is 44.3. The van der Waals surface area contributed by atoms with Crippen LogP contribution >= 0.6 is 0 Å². The molecule has 0 spiro atoms. The van der Waals surface area contributed by atoms with Crippen molar-refractivity contribution in [2.24, 2.45) is 17.6 Å². The van der Waals surface area contributed by atoms with Crippen molar-refractivity contribution in [2.75, 3.05) is 14.1 Å². The van der Waals surface area contributed by atoms with Gasteiger partial charge in [0.15, 0.2) is 11.4 Å². The number of fused-ring (bicyclic) bond motifs is 3. The average Bonchev–Trinajstić information content (AvgIpc) is 2.82. The molecule has 37 heavy (non-hydrogen) atoms. The number of aliphatic hydroxyl groups is 3. The predicted molar refractivity (Wildman–Crippen MR) is 127 cm³/mol. The lowest BCUT2D eigenvalue weighted by Gasteiger charge is -2.50. The van der Waals surface area contributed by atoms with Gasteiger partial charge >= 0.3 is 0 Å². The first-order chi connectivity index (χ1) is 17.4. The Labute approximate surface area is 210 Å². The molecule has 0 fully saturated rings. The molecular formula is C26H24FN3O7. The number of carbonyl (C=O) groups excluding carboxylic acids is 3. The summed E-state index contributed by atoms with van der Waals surface area (Å²) in [6, 6.07) is 4.43. The Morgan fingerprint density at radius 1 is 1.16 bits per heavy atom. The number of benzene rings is 1. The van der Waals surface area contributed by atoms with Crippen LogP contribution in [-0.2, 0) is 16.0 Å². The molecule has 5 rings (SSSR count). The van der Waals surface area contributed by atoms with Gasteiger partial charge in [-0.2, -0.15) is 4.39 Å². The average molecular weight is 509 g/mol. The maximum atomic E-state index is 13.7. The van der Waals surface area contributed by atoms with Gasteiger partial charge in [-0.1, -0.05) is 6.07 Å². The molecule has 0 aliphatic heterocycles. The third-order valence-corrected chi connectivity index (χ3v) is 7.64. The van der Waals surface area contributed by atoms with Crippen LogP contribution in [0.5, 0.6) is 5.75 Å². The number of nitrogens with two attached hydrogens (primary N) is 1. The number of allylic oxidation sites excluding steroid dienone is 1. The third kappa shape index (κ3) is 3.31. The number of Topliss-reactive ketones (excluding diaryl/α,β-unsaturated/α-hetero) is 2. The van der Waals surface area contributed by atoms with E-state index in [4.69, 9.17) is 5.73 Å². The van der Waals surface area contributed by atoms with Crippen LogP contribution in [0.15, 0.2) is 53.1 Å². The summed E-state index contributed by atoms with van der Waals surface area (Å²) in [5.74, 6) is -7.81. The van der Waals surface area contributed by atoms with Gasteiger partial charge in [-0.05, 0) is 62.2 Å². The second-order valence-electron chi connectivity index (χ2n) is 9.82. The number of hydrogen-bond donors (Lipinski definition) is 5. The standard InChI is InChI=1S/C26H24FN3O7/c1-30(2)20-14-8-11-7-13-12(10-3-6-16(27)29-9-10)4-5-15(31)18(13)21(32)17(11)23(34)26(14,37)24(35)19(22(20)33)25(28)36/h3-6,9,11,14,20,31,33-34,37H,7-8H2,1-2H3,(H2,28,36)/t11-,14-,20-,26-/m1/s1. The highest BCUT2D eigenvalue weighted by Crippen LogP contribution is 2.53. The number of phenolic OH excluding ortho intramolecular Hbond substituents is 1. The van der Waals surface area contributed by atoms with E-state index in [1.54, 1.807) is 20.2 Å². The Balaban J connectivity index is 1.72. The van der Waals surface area contributed by atoms with Gasteiger partial charge < -0.3 is 26.2 Å². The van der Waals surface area contributed by atoms with Crippen molar-refractivity contribution >= 4 is 17.5 Å². The molecule has 1 aromatic carbocycles. The van der Waals surface area contributed by atoms with Crippen LogP contribution in [0.1, 0.15) is 22.3 Å². The SMILES string of the molecule is CN(C)[C@H]1C(O)=C(C(N)=O)C(=O)[C@]2(O)C(O)=C3C(=O)c4c(O)ccc(-c5ccc(F)nc5)c4C[C@@H]3C[C@H]12. The van der Waals surface area contributed by atoms with Crippen molar-refractivity contribution in [2.45, 2.75) is 24.5 Å². The number of nitrogens with zero attached hydrogens (tertiary/aromatic N) is 2. The maximum absolute atomic E-state index is 13.7. The molecule has 6 N–H and O–H groups in total. The van der Waals surface area contributed by atoms with Crippen molar-refractivity contribution in [1.82, 2.24) is 9.88 Å². The molecule has 4 atom stereocenters. The highest BCUT2D eigenvalue weighted by molar-refractivity contribution is 6.24. The first kappa shape index (κ1) is 24.6. The molecule has 0 bridgehead atoms. The van der Waals surface area contributed by atoms with Gasteiger partial charge in [0.1, 0.15) is 22.8 Å². The van der Waals surface area contributed by atoms with Crippen LogP contribution < -0.4 is 5.73 Å². The van der Waals surface area contributed by atoms with E-state index in [-0.39, 0.29) is 29.7 Å². The number of aromatic nitrogens is 1. The number of hydrogen-bond acceptors (Lipinski definition) is 9. The number of pyridine rings is 1. The van der Waals surface area contributed by atoms with Crippen molar-refractivity contribution in [1.29, 1.82) is 0 Å². The molecule has 0 radical (unpaired) electrons. The second kappa shape index (κ2) is 8.22. The number of aliphatic hydroxyl groups excluding tert-OH is 2. The zero-order valence-electron chi connectivity index (χ0n) is 19.9. The summed E-state index contributed by atoms with van der Waals surface area (Å²) in [6.07, 6.45) is 1.39. The second-order valence-corrected chi connectivity index (χ2v) is 9.82. The van der Waals surface area contributed by atoms with Crippen LogP contribution in [0.3, 0.4) is 0 Å². The summed E-state index contributed by atoms with van der Waals surface area (Å²) < 4.78 is 13.4. The van der Waals surface area contributed by atoms with Crippen LogP contribution in [-0.4, -0.2) is 73.5 Å². The fraction of sp³-hybridized carbons (Fsp3) is 0.308. The zero-order chi connectivity index (χ0) is 27.0. The highest BCUT2D eigenvalue weighted by Gasteiger charge is 2.63. The Morgan fingerprint density at radius 2 is 1.86 bits per heavy atom. The number of aromatic hydroxyl groups is 1. The van der Waals surface area contributed by atoms with E-state index in [1.165, 1.54) is 23.2 Å². The van der Waals surface area contributed by atoms with E-state index in [9.17, 15) is 39.2 Å². The lowest BCUT2D eigenvalue weighted by molar-refractivity contribution is -0.148. The summed E-state index contributed by atoms with van der Waals surface area (Å²) >= 11 is 0. The number of phenols is 1. The molecular weight excluding hydrogens is 485 g/mol. The third-order valence-electron chi connectivity index (χ3n) is 7.64. The molecule has 10 nitrogen and oxygen atoms in total. The summed E-state index contributed by atoms with van der Waals surface area (Å²) in [5.41, 5.74) is 2.86. The van der Waals surface area contributed by atoms with E-state index in [0.29, 0.717) is 16.7 Å². The van der Waals surface area contributed by atoms with E-state index in [1.807, 2.05) is 0 Å². The molecule has 192 valence electrons. The number of rotatable bonds is 3. The van der Waals surface area contributed by atoms with Crippen LogP contribution in [0, 0.1) is 17.8 Å². The minimum atomic E-state index is -2.70. The van der Waals surface area contributed by atoms with Gasteiger partial charge in [-0.15, -0.1) is 0 Å². The van der Waals surface area contributed by atoms with Gasteiger partial charge in [0.25, 0.3) is 5.91 Å². The Morgan fingerprint density at radius 3 is 2.46 bits per heavy atom. The molecule has 0 unspecified atom stereocenters. The van der Waals surface area contributed by atoms with Crippen molar-refractivity contribution in [3.63, 3.8) is 0 Å². The molecule has 1 amide bonds. The smallest absolute Gasteiger partial charge is 0.255 e. The Bertz CT molecular complexity index is 1450. The first-order valence-corrected chi connectivity index (χ1v) is 11.5. The molecule has 11 heteroatoms. The van der Waals surface area contributed by atoms with Crippen molar-refractivity contribution in [3.8, 4) is 16.9 Å². The van der Waals surface area contributed by atoms with E-state index >= 15 is 0 Å². The summed E-state index contributed by atoms with van der Waals surface area (Å²) in [6.45, 7) is 0. The number of likely N-dealkylation sites (N-methyl/N-ethyl adjacent to an activating group) is 1. The molecule has 3 aliphatic rings. The first-order valence-electron chi connectivity index (χ1n) is 11.5. The Hall–Kier alpha value is -4.09. The van der Waals surface area contributed by atoms with Gasteiger partial charge in [0, 0.05) is 23.3 Å². The molecule has 0 saturated heterocycles. The minimum absolute atomic E-state index is 0.0253. The fourth-order valence-corrected chi connectivity index (χ4v) is 6.06. The Kier molecular flexibility index (Phi) is 5.46. The van der Waals surface area contributed by atoms with Crippen molar-refractivity contribution in [3.05, 3.63) is 70.2 Å². The molecule has 0 saturated carbocycles. The van der Waals surface area contributed by atoms with E-state index < -0.39 is 64.0 Å². The van der Waals surface area contributed by atoms with Gasteiger partial charge in [-0.3, -0.25) is 19.3 Å². The molecule has 1 aromatic heterocycles. The quantitative estimate of drug-likeness (QED) is 0.302. The molecule has 2 aromatic rings. The number of primary amides is 1. The lowest BCUT2D eigenvalue weighted by atomic mass is 9.58. The molecule has 1 heterocycles. The maximum Gasteiger partial charge on any atom is 0.255 e. The van der Waals surface area contributed by atoms with Crippen LogP contribution in [0.4, 0.5) is 4.39 Å². The summed E-state index contributed by atoms with van der Waals surface area (Å²) in [4.78, 5) is 44.2. The van der Waals surface area contributed by atoms with Crippen LogP contribution in [0.25, 0.3) is 11.1 Å². The number of halogens is 1. The van der Waals surface area contributed by atoms with Crippen LogP contribution in [0.2, 0.25) is 0 Å². The fourth-order valence-electron chi connectivity index (χ4n) is 6.06. The predicted octanol–water partition coefficient (Wildman–Crippen LogP) is 1.32. The number of ketones is 2. The van der Waals surface area contributed by atoms with E-state index in [2.05, 4.69) is 4.98 Å². The largest absolute Gasteiger partial charge is 0.510 e. The zero-order valence-corrected chi connectivity index (χ0v) is 19.9. The molecule has 3 aliphatic carbocycles. The monoisotopic (exact) mass is 509 g/mol. The number of amides is 1. The lowest BCUT2D eigenvalue weighted by Crippen LogP contribution is -2.63.